The lowest BCUT2D eigenvalue weighted by Gasteiger charge is -2.11. The van der Waals surface area contributed by atoms with Gasteiger partial charge in [0.2, 0.25) is 5.56 Å². The molecule has 4 nitrogen and oxygen atoms in total. The van der Waals surface area contributed by atoms with Crippen LogP contribution in [0.3, 0.4) is 0 Å². The summed E-state index contributed by atoms with van der Waals surface area (Å²) in [5.41, 5.74) is -1.81. The first-order valence-corrected chi connectivity index (χ1v) is 6.10. The summed E-state index contributed by atoms with van der Waals surface area (Å²) in [5, 5.41) is 17.8. The van der Waals surface area contributed by atoms with Crippen molar-refractivity contribution in [1.29, 1.82) is 0 Å². The third-order valence-electron chi connectivity index (χ3n) is 3.01. The maximum atomic E-state index is 13.4. The Morgan fingerprint density at radius 2 is 1.82 bits per heavy atom. The number of halogens is 4. The summed E-state index contributed by atoms with van der Waals surface area (Å²) >= 11 is 0. The number of nitrogens with zero attached hydrogens (tertiary/aromatic N) is 1. The molecule has 1 aromatic carbocycles. The van der Waals surface area contributed by atoms with Gasteiger partial charge in [0.15, 0.2) is 0 Å². The van der Waals surface area contributed by atoms with E-state index in [0.29, 0.717) is 12.1 Å². The first kappa shape index (κ1) is 16.2. The molecule has 0 saturated carbocycles. The van der Waals surface area contributed by atoms with Crippen molar-refractivity contribution in [2.75, 3.05) is 0 Å². The predicted molar refractivity (Wildman–Crippen MR) is 71.0 cm³/mol. The molecule has 0 aliphatic heterocycles. The fourth-order valence-corrected chi connectivity index (χ4v) is 1.90. The Morgan fingerprint density at radius 1 is 1.14 bits per heavy atom. The van der Waals surface area contributed by atoms with E-state index in [1.54, 1.807) is 0 Å². The van der Waals surface area contributed by atoms with Crippen LogP contribution in [0, 0.1) is 5.82 Å². The third-order valence-corrected chi connectivity index (χ3v) is 3.01. The van der Waals surface area contributed by atoms with E-state index < -0.39 is 30.2 Å². The molecular weight excluding hydrogens is 305 g/mol. The summed E-state index contributed by atoms with van der Waals surface area (Å²) in [7, 11) is -1.80. The Morgan fingerprint density at radius 3 is 2.32 bits per heavy atom. The van der Waals surface area contributed by atoms with Gasteiger partial charge in [-0.25, -0.2) is 4.39 Å². The van der Waals surface area contributed by atoms with Crippen LogP contribution in [0.4, 0.5) is 17.6 Å². The number of alkyl halides is 3. The number of hydrogen-bond acceptors (Lipinski definition) is 3. The second-order valence-corrected chi connectivity index (χ2v) is 4.61. The maximum absolute atomic E-state index is 13.4. The molecule has 0 aliphatic carbocycles. The smallest absolute Gasteiger partial charge is 0.423 e. The predicted octanol–water partition coefficient (Wildman–Crippen LogP) is 0.734. The molecule has 0 amide bonds. The number of hydrogen-bond donors (Lipinski definition) is 2. The van der Waals surface area contributed by atoms with E-state index in [4.69, 9.17) is 10.0 Å². The average molecular weight is 315 g/mol. The Bertz CT molecular complexity index is 743. The number of benzene rings is 1. The normalized spacial score (nSPS) is 11.5. The third kappa shape index (κ3) is 3.55. The van der Waals surface area contributed by atoms with Gasteiger partial charge in [-0.3, -0.25) is 4.79 Å². The van der Waals surface area contributed by atoms with Crippen LogP contribution in [-0.2, 0) is 12.7 Å². The Labute approximate surface area is 122 Å². The number of pyridine rings is 1. The molecule has 0 saturated heterocycles. The summed E-state index contributed by atoms with van der Waals surface area (Å²) < 4.78 is 51.9. The highest BCUT2D eigenvalue weighted by Gasteiger charge is 2.33. The molecule has 0 unspecified atom stereocenters. The van der Waals surface area contributed by atoms with Gasteiger partial charge in [-0.05, 0) is 29.2 Å². The SMILES string of the molecule is O=c1cc(B(O)O)ccn1Cc1ccc(C(F)(F)F)c(F)c1. The van der Waals surface area contributed by atoms with Gasteiger partial charge in [0.1, 0.15) is 5.82 Å². The van der Waals surface area contributed by atoms with Crippen molar-refractivity contribution in [3.63, 3.8) is 0 Å². The monoisotopic (exact) mass is 315 g/mol. The van der Waals surface area contributed by atoms with E-state index >= 15 is 0 Å². The molecule has 0 atom stereocenters. The van der Waals surface area contributed by atoms with Gasteiger partial charge < -0.3 is 14.6 Å². The summed E-state index contributed by atoms with van der Waals surface area (Å²) in [6.07, 6.45) is -3.54. The number of aromatic nitrogens is 1. The van der Waals surface area contributed by atoms with Crippen molar-refractivity contribution in [3.8, 4) is 0 Å². The zero-order chi connectivity index (χ0) is 16.5. The molecule has 2 rings (SSSR count). The van der Waals surface area contributed by atoms with Crippen LogP contribution in [0.5, 0.6) is 0 Å². The molecule has 0 spiro atoms. The van der Waals surface area contributed by atoms with Gasteiger partial charge in [-0.1, -0.05) is 6.07 Å². The van der Waals surface area contributed by atoms with Crippen molar-refractivity contribution < 1.29 is 27.6 Å². The molecule has 0 fully saturated rings. The van der Waals surface area contributed by atoms with E-state index in [2.05, 4.69) is 0 Å². The zero-order valence-corrected chi connectivity index (χ0v) is 11.0. The Kier molecular flexibility index (Phi) is 4.38. The Balaban J connectivity index is 2.29. The minimum absolute atomic E-state index is 0.0140. The van der Waals surface area contributed by atoms with E-state index in [0.717, 1.165) is 16.7 Å². The van der Waals surface area contributed by atoms with E-state index in [9.17, 15) is 22.4 Å². The molecule has 2 aromatic rings. The van der Waals surface area contributed by atoms with Crippen molar-refractivity contribution in [3.05, 3.63) is 63.8 Å². The van der Waals surface area contributed by atoms with E-state index in [1.807, 2.05) is 0 Å². The van der Waals surface area contributed by atoms with Crippen LogP contribution in [0.15, 0.2) is 41.3 Å². The number of rotatable bonds is 3. The molecule has 0 aliphatic rings. The van der Waals surface area contributed by atoms with Crippen molar-refractivity contribution in [2.24, 2.45) is 0 Å². The van der Waals surface area contributed by atoms with Gasteiger partial charge >= 0.3 is 13.3 Å². The minimum atomic E-state index is -4.78. The molecule has 116 valence electrons. The van der Waals surface area contributed by atoms with Gasteiger partial charge in [-0.2, -0.15) is 13.2 Å². The lowest BCUT2D eigenvalue weighted by Crippen LogP contribution is -2.35. The maximum Gasteiger partial charge on any atom is 0.488 e. The van der Waals surface area contributed by atoms with Crippen LogP contribution in [0.2, 0.25) is 0 Å². The van der Waals surface area contributed by atoms with Gasteiger partial charge in [0.05, 0.1) is 12.1 Å². The van der Waals surface area contributed by atoms with Gasteiger partial charge in [-0.15, -0.1) is 0 Å². The fraction of sp³-hybridized carbons (Fsp3) is 0.154. The van der Waals surface area contributed by atoms with E-state index in [1.165, 1.54) is 12.3 Å². The molecule has 1 heterocycles. The molecule has 2 N–H and O–H groups in total. The summed E-state index contributed by atoms with van der Waals surface area (Å²) in [4.78, 5) is 11.7. The second kappa shape index (κ2) is 5.94. The van der Waals surface area contributed by atoms with Crippen LogP contribution < -0.4 is 11.0 Å². The standard InChI is InChI=1S/C13H10BF4NO3/c15-11-5-8(1-2-10(11)13(16,17)18)7-19-4-3-9(14(21)22)6-12(19)20/h1-6,21-22H,7H2. The summed E-state index contributed by atoms with van der Waals surface area (Å²) in [6.45, 7) is -0.143. The van der Waals surface area contributed by atoms with Crippen molar-refractivity contribution >= 4 is 12.6 Å². The van der Waals surface area contributed by atoms with Crippen LogP contribution in [0.25, 0.3) is 0 Å². The van der Waals surface area contributed by atoms with Gasteiger partial charge in [0.25, 0.3) is 0 Å². The molecule has 22 heavy (non-hydrogen) atoms. The lowest BCUT2D eigenvalue weighted by atomic mass is 9.81. The highest BCUT2D eigenvalue weighted by molar-refractivity contribution is 6.58. The van der Waals surface area contributed by atoms with Crippen LogP contribution >= 0.6 is 0 Å². The zero-order valence-electron chi connectivity index (χ0n) is 11.0. The van der Waals surface area contributed by atoms with Gasteiger partial charge in [0, 0.05) is 12.3 Å². The largest absolute Gasteiger partial charge is 0.488 e. The summed E-state index contributed by atoms with van der Waals surface area (Å²) in [5.74, 6) is -1.42. The molecule has 9 heteroatoms. The van der Waals surface area contributed by atoms with Crippen molar-refractivity contribution in [1.82, 2.24) is 4.57 Å². The summed E-state index contributed by atoms with van der Waals surface area (Å²) in [6, 6.07) is 4.65. The molecule has 0 bridgehead atoms. The highest BCUT2D eigenvalue weighted by atomic mass is 19.4. The fourth-order valence-electron chi connectivity index (χ4n) is 1.90. The topological polar surface area (TPSA) is 62.5 Å². The Hall–Kier alpha value is -2.13. The minimum Gasteiger partial charge on any atom is -0.423 e. The first-order valence-electron chi connectivity index (χ1n) is 6.10. The average Bonchev–Trinajstić information content (AvgIpc) is 2.39. The highest BCUT2D eigenvalue weighted by Crippen LogP contribution is 2.31. The quantitative estimate of drug-likeness (QED) is 0.648. The lowest BCUT2D eigenvalue weighted by molar-refractivity contribution is -0.140. The van der Waals surface area contributed by atoms with E-state index in [-0.39, 0.29) is 17.6 Å². The van der Waals surface area contributed by atoms with Crippen LogP contribution in [-0.4, -0.2) is 21.7 Å². The molecular formula is C13H10BF4NO3. The van der Waals surface area contributed by atoms with Crippen LogP contribution in [0.1, 0.15) is 11.1 Å². The van der Waals surface area contributed by atoms with Crippen molar-refractivity contribution in [2.45, 2.75) is 12.7 Å². The second-order valence-electron chi connectivity index (χ2n) is 4.61. The first-order chi connectivity index (χ1) is 10.2. The molecule has 1 aromatic heterocycles. The molecule has 0 radical (unpaired) electrons.